The van der Waals surface area contributed by atoms with Gasteiger partial charge in [0.1, 0.15) is 17.3 Å². The highest BCUT2D eigenvalue weighted by Crippen LogP contribution is 2.27. The number of methoxy groups -OCH3 is 1. The summed E-state index contributed by atoms with van der Waals surface area (Å²) in [6.07, 6.45) is 1.37. The van der Waals surface area contributed by atoms with Gasteiger partial charge in [-0.2, -0.15) is 0 Å². The van der Waals surface area contributed by atoms with Crippen molar-refractivity contribution in [3.63, 3.8) is 0 Å². The van der Waals surface area contributed by atoms with E-state index >= 15 is 0 Å². The molecule has 30 heavy (non-hydrogen) atoms. The molecule has 154 valence electrons. The van der Waals surface area contributed by atoms with Gasteiger partial charge in [-0.3, -0.25) is 9.59 Å². The second-order valence-electron chi connectivity index (χ2n) is 7.39. The summed E-state index contributed by atoms with van der Waals surface area (Å²) < 4.78 is 24.0. The summed E-state index contributed by atoms with van der Waals surface area (Å²) in [6.45, 7) is 0.853. The highest BCUT2D eigenvalue weighted by Gasteiger charge is 2.30. The Bertz CT molecular complexity index is 1080. The van der Waals surface area contributed by atoms with Crippen molar-refractivity contribution in [2.24, 2.45) is 5.92 Å². The van der Waals surface area contributed by atoms with Crippen LogP contribution in [0.2, 0.25) is 0 Å². The Kier molecular flexibility index (Phi) is 5.65. The monoisotopic (exact) mass is 407 g/mol. The fourth-order valence-electron chi connectivity index (χ4n) is 3.72. The van der Waals surface area contributed by atoms with E-state index in [1.165, 1.54) is 24.3 Å². The lowest BCUT2D eigenvalue weighted by molar-refractivity contribution is -0.140. The van der Waals surface area contributed by atoms with Crippen LogP contribution in [0.3, 0.4) is 0 Å². The second kappa shape index (κ2) is 8.53. The number of likely N-dealkylation sites (tertiary alicyclic amines) is 1. The molecule has 0 aliphatic carbocycles. The zero-order chi connectivity index (χ0) is 21.1. The molecule has 1 amide bonds. The highest BCUT2D eigenvalue weighted by atomic mass is 19.1. The summed E-state index contributed by atoms with van der Waals surface area (Å²) in [5.41, 5.74) is 0.411. The molecule has 3 aromatic carbocycles. The third-order valence-electron chi connectivity index (χ3n) is 5.37. The topological polar surface area (TPSA) is 55.8 Å². The van der Waals surface area contributed by atoms with E-state index in [2.05, 4.69) is 0 Å². The molecule has 1 saturated heterocycles. The zero-order valence-electron chi connectivity index (χ0n) is 16.6. The molecule has 1 aliphatic heterocycles. The van der Waals surface area contributed by atoms with Gasteiger partial charge in [-0.25, -0.2) is 4.39 Å². The lowest BCUT2D eigenvalue weighted by atomic mass is 9.97. The van der Waals surface area contributed by atoms with Crippen LogP contribution >= 0.6 is 0 Å². The molecule has 0 spiro atoms. The average Bonchev–Trinajstić information content (AvgIpc) is 2.78. The van der Waals surface area contributed by atoms with Crippen LogP contribution in [0.4, 0.5) is 4.39 Å². The largest absolute Gasteiger partial charge is 0.497 e. The van der Waals surface area contributed by atoms with Gasteiger partial charge < -0.3 is 14.4 Å². The molecule has 4 rings (SSSR count). The van der Waals surface area contributed by atoms with Gasteiger partial charge in [-0.1, -0.05) is 12.1 Å². The molecular weight excluding hydrogens is 385 g/mol. The summed E-state index contributed by atoms with van der Waals surface area (Å²) >= 11 is 0. The molecular formula is C24H22FNO4. The standard InChI is InChI=1S/C24H22FNO4/c1-29-21-10-6-16-7-11-22(14-19(16)13-21)30-24(28)18-3-2-12-26(15-18)23(27)17-4-8-20(25)9-5-17/h4-11,13-14,18H,2-3,12,15H2,1H3. The first-order valence-electron chi connectivity index (χ1n) is 9.88. The number of piperidine rings is 1. The molecule has 1 unspecified atom stereocenters. The number of carbonyl (C=O) groups excluding carboxylic acids is 2. The lowest BCUT2D eigenvalue weighted by Crippen LogP contribution is -2.43. The van der Waals surface area contributed by atoms with Gasteiger partial charge >= 0.3 is 5.97 Å². The normalized spacial score (nSPS) is 16.3. The first-order chi connectivity index (χ1) is 14.5. The molecule has 5 nitrogen and oxygen atoms in total. The van der Waals surface area contributed by atoms with Crippen LogP contribution in [0.25, 0.3) is 10.8 Å². The van der Waals surface area contributed by atoms with Crippen LogP contribution in [0.1, 0.15) is 23.2 Å². The number of benzene rings is 3. The van der Waals surface area contributed by atoms with Crippen molar-refractivity contribution < 1.29 is 23.5 Å². The lowest BCUT2D eigenvalue weighted by Gasteiger charge is -2.31. The fraction of sp³-hybridized carbons (Fsp3) is 0.250. The van der Waals surface area contributed by atoms with Crippen LogP contribution in [-0.2, 0) is 4.79 Å². The Labute approximate surface area is 174 Å². The Morgan fingerprint density at radius 1 is 0.967 bits per heavy atom. The number of hydrogen-bond donors (Lipinski definition) is 0. The van der Waals surface area contributed by atoms with Crippen LogP contribution in [-0.4, -0.2) is 37.0 Å². The summed E-state index contributed by atoms with van der Waals surface area (Å²) in [5, 5.41) is 1.93. The minimum absolute atomic E-state index is 0.203. The summed E-state index contributed by atoms with van der Waals surface area (Å²) in [4.78, 5) is 27.1. The van der Waals surface area contributed by atoms with Crippen LogP contribution in [0.5, 0.6) is 11.5 Å². The third-order valence-corrected chi connectivity index (χ3v) is 5.37. The number of ether oxygens (including phenoxy) is 2. The minimum atomic E-state index is -0.399. The highest BCUT2D eigenvalue weighted by molar-refractivity contribution is 5.94. The van der Waals surface area contributed by atoms with Gasteiger partial charge in [0.05, 0.1) is 13.0 Å². The van der Waals surface area contributed by atoms with Crippen LogP contribution < -0.4 is 9.47 Å². The van der Waals surface area contributed by atoms with Gasteiger partial charge in [0.25, 0.3) is 5.91 Å². The van der Waals surface area contributed by atoms with Crippen molar-refractivity contribution in [2.75, 3.05) is 20.2 Å². The molecule has 1 aliphatic rings. The predicted molar refractivity (Wildman–Crippen MR) is 111 cm³/mol. The maximum atomic E-state index is 13.1. The van der Waals surface area contributed by atoms with E-state index in [1.807, 2.05) is 24.3 Å². The molecule has 1 atom stereocenters. The molecule has 3 aromatic rings. The van der Waals surface area contributed by atoms with E-state index in [0.29, 0.717) is 30.7 Å². The van der Waals surface area contributed by atoms with Crippen molar-refractivity contribution in [2.45, 2.75) is 12.8 Å². The quantitative estimate of drug-likeness (QED) is 0.474. The number of esters is 1. The zero-order valence-corrected chi connectivity index (χ0v) is 16.6. The van der Waals surface area contributed by atoms with Crippen molar-refractivity contribution in [1.29, 1.82) is 0 Å². The Morgan fingerprint density at radius 2 is 1.67 bits per heavy atom. The molecule has 0 saturated carbocycles. The fourth-order valence-corrected chi connectivity index (χ4v) is 3.72. The predicted octanol–water partition coefficient (Wildman–Crippen LogP) is 4.45. The van der Waals surface area contributed by atoms with Gasteiger partial charge in [0.2, 0.25) is 0 Å². The van der Waals surface area contributed by atoms with E-state index in [1.54, 1.807) is 24.1 Å². The molecule has 1 heterocycles. The first kappa shape index (κ1) is 19.9. The maximum absolute atomic E-state index is 13.1. The number of nitrogens with zero attached hydrogens (tertiary/aromatic N) is 1. The van der Waals surface area contributed by atoms with E-state index in [4.69, 9.17) is 9.47 Å². The Morgan fingerprint density at radius 3 is 2.40 bits per heavy atom. The average molecular weight is 407 g/mol. The number of rotatable bonds is 4. The number of carbonyl (C=O) groups is 2. The van der Waals surface area contributed by atoms with Crippen LogP contribution in [0, 0.1) is 11.7 Å². The number of amides is 1. The third kappa shape index (κ3) is 4.27. The van der Waals surface area contributed by atoms with Gasteiger partial charge in [-0.05, 0) is 72.1 Å². The van der Waals surface area contributed by atoms with E-state index in [0.717, 1.165) is 16.5 Å². The van der Waals surface area contributed by atoms with Crippen molar-refractivity contribution >= 4 is 22.6 Å². The Hall–Kier alpha value is -3.41. The van der Waals surface area contributed by atoms with E-state index < -0.39 is 5.92 Å². The van der Waals surface area contributed by atoms with Crippen molar-refractivity contribution in [3.05, 3.63) is 72.0 Å². The molecule has 0 bridgehead atoms. The Balaban J connectivity index is 1.44. The van der Waals surface area contributed by atoms with Crippen LogP contribution in [0.15, 0.2) is 60.7 Å². The van der Waals surface area contributed by atoms with Crippen molar-refractivity contribution in [3.8, 4) is 11.5 Å². The molecule has 0 aromatic heterocycles. The van der Waals surface area contributed by atoms with Crippen molar-refractivity contribution in [1.82, 2.24) is 4.90 Å². The van der Waals surface area contributed by atoms with Gasteiger partial charge in [0.15, 0.2) is 0 Å². The summed E-state index contributed by atoms with van der Waals surface area (Å²) in [7, 11) is 1.60. The molecule has 0 N–H and O–H groups in total. The maximum Gasteiger partial charge on any atom is 0.316 e. The minimum Gasteiger partial charge on any atom is -0.497 e. The van der Waals surface area contributed by atoms with Gasteiger partial charge in [0, 0.05) is 18.7 Å². The SMILES string of the molecule is COc1ccc2ccc(OC(=O)C3CCCN(C(=O)c4ccc(F)cc4)C3)cc2c1. The smallest absolute Gasteiger partial charge is 0.316 e. The van der Waals surface area contributed by atoms with E-state index in [-0.39, 0.29) is 24.2 Å². The summed E-state index contributed by atoms with van der Waals surface area (Å²) in [6, 6.07) is 16.6. The second-order valence-corrected chi connectivity index (χ2v) is 7.39. The molecule has 0 radical (unpaired) electrons. The number of fused-ring (bicyclic) bond motifs is 1. The van der Waals surface area contributed by atoms with Gasteiger partial charge in [-0.15, -0.1) is 0 Å². The first-order valence-corrected chi connectivity index (χ1v) is 9.88. The number of halogens is 1. The van der Waals surface area contributed by atoms with E-state index in [9.17, 15) is 14.0 Å². The molecule has 6 heteroatoms. The summed E-state index contributed by atoms with van der Waals surface area (Å²) in [5.74, 6) is -0.154. The number of hydrogen-bond acceptors (Lipinski definition) is 4. The molecule has 1 fully saturated rings.